The van der Waals surface area contributed by atoms with Crippen LogP contribution in [0.3, 0.4) is 0 Å². The van der Waals surface area contributed by atoms with Gasteiger partial charge in [-0.15, -0.1) is 0 Å². The average Bonchev–Trinajstić information content (AvgIpc) is 2.74. The molecule has 0 spiro atoms. The molecule has 1 aromatic rings. The van der Waals surface area contributed by atoms with E-state index in [1.54, 1.807) is 0 Å². The van der Waals surface area contributed by atoms with Gasteiger partial charge in [-0.3, -0.25) is 0 Å². The highest BCUT2D eigenvalue weighted by molar-refractivity contribution is 9.10. The van der Waals surface area contributed by atoms with Crippen molar-refractivity contribution in [2.45, 2.75) is 19.4 Å². The SMILES string of the molecule is Cc1c(Br)cccc1C(N)C1=CCCO1. The van der Waals surface area contributed by atoms with Crippen molar-refractivity contribution in [1.82, 2.24) is 0 Å². The number of ether oxygens (including phenoxy) is 1. The Morgan fingerprint density at radius 3 is 2.93 bits per heavy atom. The lowest BCUT2D eigenvalue weighted by molar-refractivity contribution is 0.225. The highest BCUT2D eigenvalue weighted by Crippen LogP contribution is 2.29. The second-order valence-electron chi connectivity index (χ2n) is 3.68. The van der Waals surface area contributed by atoms with Gasteiger partial charge in [-0.2, -0.15) is 0 Å². The minimum Gasteiger partial charge on any atom is -0.496 e. The molecule has 0 saturated carbocycles. The Kier molecular flexibility index (Phi) is 3.12. The second kappa shape index (κ2) is 4.37. The summed E-state index contributed by atoms with van der Waals surface area (Å²) in [5.41, 5.74) is 8.46. The standard InChI is InChI=1S/C12H14BrNO/c1-8-9(4-2-5-10(8)13)12(14)11-6-3-7-15-11/h2,4-6,12H,3,7,14H2,1H3. The molecule has 0 fully saturated rings. The Morgan fingerprint density at radius 2 is 2.27 bits per heavy atom. The number of nitrogens with two attached hydrogens (primary N) is 1. The molecule has 15 heavy (non-hydrogen) atoms. The monoisotopic (exact) mass is 267 g/mol. The van der Waals surface area contributed by atoms with Gasteiger partial charge in [0.05, 0.1) is 12.6 Å². The molecule has 1 aromatic carbocycles. The van der Waals surface area contributed by atoms with Crippen LogP contribution in [0.5, 0.6) is 0 Å². The first kappa shape index (κ1) is 10.7. The zero-order valence-electron chi connectivity index (χ0n) is 8.66. The molecular formula is C12H14BrNO. The smallest absolute Gasteiger partial charge is 0.113 e. The fourth-order valence-electron chi connectivity index (χ4n) is 1.77. The molecule has 2 rings (SSSR count). The Morgan fingerprint density at radius 1 is 1.47 bits per heavy atom. The first-order valence-corrected chi connectivity index (χ1v) is 5.83. The van der Waals surface area contributed by atoms with Crippen LogP contribution < -0.4 is 5.73 Å². The third-order valence-corrected chi connectivity index (χ3v) is 3.54. The predicted molar refractivity (Wildman–Crippen MR) is 64.5 cm³/mol. The zero-order valence-corrected chi connectivity index (χ0v) is 10.3. The lowest BCUT2D eigenvalue weighted by Gasteiger charge is -2.16. The van der Waals surface area contributed by atoms with Gasteiger partial charge in [0.1, 0.15) is 5.76 Å². The van der Waals surface area contributed by atoms with Crippen molar-refractivity contribution in [3.8, 4) is 0 Å². The number of rotatable bonds is 2. The largest absolute Gasteiger partial charge is 0.496 e. The molecule has 0 saturated heterocycles. The van der Waals surface area contributed by atoms with E-state index in [0.29, 0.717) is 0 Å². The van der Waals surface area contributed by atoms with E-state index >= 15 is 0 Å². The lowest BCUT2D eigenvalue weighted by atomic mass is 10.0. The van der Waals surface area contributed by atoms with E-state index < -0.39 is 0 Å². The van der Waals surface area contributed by atoms with E-state index in [4.69, 9.17) is 10.5 Å². The van der Waals surface area contributed by atoms with Gasteiger partial charge in [0.2, 0.25) is 0 Å². The highest BCUT2D eigenvalue weighted by atomic mass is 79.9. The van der Waals surface area contributed by atoms with Crippen LogP contribution in [0.4, 0.5) is 0 Å². The van der Waals surface area contributed by atoms with Gasteiger partial charge in [0, 0.05) is 10.9 Å². The van der Waals surface area contributed by atoms with Gasteiger partial charge < -0.3 is 10.5 Å². The molecule has 3 heteroatoms. The van der Waals surface area contributed by atoms with E-state index in [1.807, 2.05) is 18.2 Å². The van der Waals surface area contributed by atoms with E-state index in [1.165, 1.54) is 5.56 Å². The summed E-state index contributed by atoms with van der Waals surface area (Å²) in [6.45, 7) is 2.82. The van der Waals surface area contributed by atoms with E-state index in [0.717, 1.165) is 28.8 Å². The van der Waals surface area contributed by atoms with E-state index in [-0.39, 0.29) is 6.04 Å². The van der Waals surface area contributed by atoms with Crippen molar-refractivity contribution in [3.05, 3.63) is 45.6 Å². The number of hydrogen-bond donors (Lipinski definition) is 1. The van der Waals surface area contributed by atoms with Crippen LogP contribution in [0.15, 0.2) is 34.5 Å². The maximum atomic E-state index is 6.16. The summed E-state index contributed by atoms with van der Waals surface area (Å²) in [7, 11) is 0. The second-order valence-corrected chi connectivity index (χ2v) is 4.53. The number of halogens is 1. The predicted octanol–water partition coefficient (Wildman–Crippen LogP) is 3.06. The molecule has 1 aliphatic heterocycles. The molecule has 0 amide bonds. The minimum atomic E-state index is -0.134. The van der Waals surface area contributed by atoms with Crippen LogP contribution in [-0.4, -0.2) is 6.61 Å². The van der Waals surface area contributed by atoms with Crippen molar-refractivity contribution in [3.63, 3.8) is 0 Å². The molecule has 1 heterocycles. The average molecular weight is 268 g/mol. The Balaban J connectivity index is 2.32. The van der Waals surface area contributed by atoms with Crippen LogP contribution >= 0.6 is 15.9 Å². The van der Waals surface area contributed by atoms with Gasteiger partial charge in [0.25, 0.3) is 0 Å². The summed E-state index contributed by atoms with van der Waals surface area (Å²) in [6.07, 6.45) is 3.04. The van der Waals surface area contributed by atoms with Crippen LogP contribution in [0.2, 0.25) is 0 Å². The molecular weight excluding hydrogens is 254 g/mol. The summed E-state index contributed by atoms with van der Waals surface area (Å²) in [4.78, 5) is 0. The van der Waals surface area contributed by atoms with Crippen LogP contribution in [-0.2, 0) is 4.74 Å². The van der Waals surface area contributed by atoms with Gasteiger partial charge in [-0.1, -0.05) is 28.1 Å². The zero-order chi connectivity index (χ0) is 10.8. The number of benzene rings is 1. The third-order valence-electron chi connectivity index (χ3n) is 2.68. The summed E-state index contributed by atoms with van der Waals surface area (Å²) in [5, 5.41) is 0. The Bertz CT molecular complexity index is 401. The Labute approximate surface area is 98.2 Å². The van der Waals surface area contributed by atoms with Crippen molar-refractivity contribution in [1.29, 1.82) is 0 Å². The molecule has 2 N–H and O–H groups in total. The van der Waals surface area contributed by atoms with E-state index in [2.05, 4.69) is 28.9 Å². The molecule has 0 radical (unpaired) electrons. The Hall–Kier alpha value is -0.800. The molecule has 1 unspecified atom stereocenters. The summed E-state index contributed by atoms with van der Waals surface area (Å²) in [6, 6.07) is 5.94. The normalized spacial score (nSPS) is 17.1. The summed E-state index contributed by atoms with van der Waals surface area (Å²) < 4.78 is 6.58. The number of hydrogen-bond acceptors (Lipinski definition) is 2. The van der Waals surface area contributed by atoms with Crippen molar-refractivity contribution < 1.29 is 4.74 Å². The van der Waals surface area contributed by atoms with Gasteiger partial charge >= 0.3 is 0 Å². The molecule has 0 aliphatic carbocycles. The molecule has 1 aliphatic rings. The van der Waals surface area contributed by atoms with Crippen LogP contribution in [0.1, 0.15) is 23.6 Å². The minimum absolute atomic E-state index is 0.134. The summed E-state index contributed by atoms with van der Waals surface area (Å²) >= 11 is 3.51. The molecule has 0 bridgehead atoms. The van der Waals surface area contributed by atoms with Gasteiger partial charge in [-0.05, 0) is 30.2 Å². The molecule has 80 valence electrons. The van der Waals surface area contributed by atoms with Gasteiger partial charge in [-0.25, -0.2) is 0 Å². The van der Waals surface area contributed by atoms with Crippen molar-refractivity contribution >= 4 is 15.9 Å². The van der Waals surface area contributed by atoms with Crippen LogP contribution in [0.25, 0.3) is 0 Å². The third kappa shape index (κ3) is 2.08. The topological polar surface area (TPSA) is 35.2 Å². The fourth-order valence-corrected chi connectivity index (χ4v) is 2.15. The molecule has 2 nitrogen and oxygen atoms in total. The first-order valence-electron chi connectivity index (χ1n) is 5.03. The quantitative estimate of drug-likeness (QED) is 0.894. The maximum Gasteiger partial charge on any atom is 0.113 e. The fraction of sp³-hybridized carbons (Fsp3) is 0.333. The molecule has 0 aromatic heterocycles. The summed E-state index contributed by atoms with van der Waals surface area (Å²) in [5.74, 6) is 0.899. The van der Waals surface area contributed by atoms with E-state index in [9.17, 15) is 0 Å². The molecule has 1 atom stereocenters. The first-order chi connectivity index (χ1) is 7.20. The van der Waals surface area contributed by atoms with Gasteiger partial charge in [0.15, 0.2) is 0 Å². The highest BCUT2D eigenvalue weighted by Gasteiger charge is 2.18. The van der Waals surface area contributed by atoms with Crippen LogP contribution in [0, 0.1) is 6.92 Å². The maximum absolute atomic E-state index is 6.16. The van der Waals surface area contributed by atoms with Crippen molar-refractivity contribution in [2.24, 2.45) is 5.73 Å². The lowest BCUT2D eigenvalue weighted by Crippen LogP contribution is -2.15. The van der Waals surface area contributed by atoms with Crippen molar-refractivity contribution in [2.75, 3.05) is 6.61 Å².